The normalized spacial score (nSPS) is 12.9. The number of para-hydroxylation sites is 1. The van der Waals surface area contributed by atoms with Crippen molar-refractivity contribution in [3.05, 3.63) is 112 Å². The number of nitrogen functional groups attached to an aromatic ring is 1. The largest absolute Gasteiger partial charge is 0.381 e. The minimum Gasteiger partial charge on any atom is -0.381 e. The molecule has 4 aromatic heterocycles. The summed E-state index contributed by atoms with van der Waals surface area (Å²) < 4.78 is 13.6. The number of hydrogen-bond donors (Lipinski definition) is 2. The summed E-state index contributed by atoms with van der Waals surface area (Å²) in [6.07, 6.45) is 6.54. The van der Waals surface area contributed by atoms with Crippen molar-refractivity contribution >= 4 is 28.3 Å². The molecular weight excluding hydrogens is 506 g/mol. The number of aromatic nitrogens is 7. The molecule has 196 valence electrons. The van der Waals surface area contributed by atoms with Crippen molar-refractivity contribution in [2.75, 3.05) is 5.73 Å². The summed E-state index contributed by atoms with van der Waals surface area (Å²) in [6, 6.07) is 13.8. The molecule has 0 unspecified atom stereocenters. The van der Waals surface area contributed by atoms with E-state index in [0.29, 0.717) is 22.3 Å². The van der Waals surface area contributed by atoms with Crippen molar-refractivity contribution in [3.8, 4) is 17.5 Å². The lowest BCUT2D eigenvalue weighted by atomic mass is 10.1. The summed E-state index contributed by atoms with van der Waals surface area (Å²) in [5.41, 5.74) is 7.84. The van der Waals surface area contributed by atoms with E-state index in [1.54, 1.807) is 78.9 Å². The van der Waals surface area contributed by atoms with Gasteiger partial charge in [-0.2, -0.15) is 5.10 Å². The van der Waals surface area contributed by atoms with Crippen LogP contribution in [0.1, 0.15) is 41.6 Å². The van der Waals surface area contributed by atoms with E-state index in [-0.39, 0.29) is 28.2 Å². The van der Waals surface area contributed by atoms with E-state index in [1.165, 1.54) is 22.2 Å². The van der Waals surface area contributed by atoms with Crippen LogP contribution in [0.5, 0.6) is 0 Å². The first-order chi connectivity index (χ1) is 19.7. The van der Waals surface area contributed by atoms with Crippen LogP contribution in [0.15, 0.2) is 84.2 Å². The van der Waals surface area contributed by atoms with E-state index in [9.17, 15) is 11.0 Å². The van der Waals surface area contributed by atoms with Crippen molar-refractivity contribution in [1.29, 1.82) is 0 Å². The highest BCUT2D eigenvalue weighted by Gasteiger charge is 2.24. The molecule has 0 radical (unpaired) electrons. The van der Waals surface area contributed by atoms with Gasteiger partial charge < -0.3 is 11.1 Å². The second-order valence-electron chi connectivity index (χ2n) is 8.99. The van der Waals surface area contributed by atoms with Gasteiger partial charge in [-0.25, -0.2) is 14.5 Å². The molecule has 0 aliphatic carbocycles. The van der Waals surface area contributed by atoms with Gasteiger partial charge >= 0.3 is 0 Å². The maximum absolute atomic E-state index is 14.2. The van der Waals surface area contributed by atoms with Gasteiger partial charge in [0.1, 0.15) is 11.4 Å². The number of aryl methyl sites for hydroxylation is 1. The van der Waals surface area contributed by atoms with Crippen molar-refractivity contribution in [1.82, 2.24) is 39.2 Å². The Morgan fingerprint density at radius 2 is 1.95 bits per heavy atom. The van der Waals surface area contributed by atoms with Gasteiger partial charge in [0, 0.05) is 31.2 Å². The van der Waals surface area contributed by atoms with Crippen molar-refractivity contribution in [2.24, 2.45) is 7.05 Å². The molecule has 0 bridgehead atoms. The van der Waals surface area contributed by atoms with Crippen LogP contribution in [-0.2, 0) is 7.05 Å². The number of carbonyl (C=O) groups excluding carboxylic acids is 1. The quantitative estimate of drug-likeness (QED) is 0.334. The van der Waals surface area contributed by atoms with E-state index >= 15 is 0 Å². The van der Waals surface area contributed by atoms with Crippen molar-refractivity contribution < 1.29 is 6.17 Å². The smallest absolute Gasteiger partial charge is 0.267 e. The predicted molar refractivity (Wildman–Crippen MR) is 150 cm³/mol. The molecule has 0 fully saturated rings. The number of fused-ring (bicyclic) bond motifs is 2. The maximum Gasteiger partial charge on any atom is 0.267 e. The van der Waals surface area contributed by atoms with Crippen LogP contribution in [0.25, 0.3) is 22.2 Å². The lowest BCUT2D eigenvalue weighted by Crippen LogP contribution is -2.33. The highest BCUT2D eigenvalue weighted by atomic mass is 16.2. The lowest BCUT2D eigenvalue weighted by molar-refractivity contribution is 0.0940. The first kappa shape index (κ1) is 23.4. The van der Waals surface area contributed by atoms with E-state index < -0.39 is 17.5 Å². The van der Waals surface area contributed by atoms with Crippen LogP contribution in [0.4, 0.5) is 5.82 Å². The van der Waals surface area contributed by atoms with Crippen LogP contribution in [0.3, 0.4) is 0 Å². The van der Waals surface area contributed by atoms with Gasteiger partial charge in [0.15, 0.2) is 11.5 Å². The molecule has 0 aliphatic rings. The molecule has 4 heterocycles. The molecule has 0 spiro atoms. The Morgan fingerprint density at radius 3 is 2.73 bits per heavy atom. The predicted octanol–water partition coefficient (Wildman–Crippen LogP) is 2.63. The third kappa shape index (κ3) is 4.33. The summed E-state index contributed by atoms with van der Waals surface area (Å²) in [7, 11) is 1.80. The Bertz CT molecular complexity index is 2080. The molecule has 0 aliphatic heterocycles. The first-order valence-corrected chi connectivity index (χ1v) is 12.3. The number of hydrogen-bond acceptors (Lipinski definition) is 7. The lowest BCUT2D eigenvalue weighted by Gasteiger charge is -2.20. The number of carbonyl (C=O) groups is 1. The zero-order valence-electron chi connectivity index (χ0n) is 22.5. The Morgan fingerprint density at radius 1 is 1.12 bits per heavy atom. The Kier molecular flexibility index (Phi) is 5.75. The monoisotopic (exact) mass is 530 g/mol. The highest BCUT2D eigenvalue weighted by Crippen LogP contribution is 2.22. The average Bonchev–Trinajstić information content (AvgIpc) is 3.53. The van der Waals surface area contributed by atoms with Crippen LogP contribution < -0.4 is 16.6 Å². The number of amides is 1. The third-order valence-electron chi connectivity index (χ3n) is 6.24. The molecule has 40 heavy (non-hydrogen) atoms. The van der Waals surface area contributed by atoms with Gasteiger partial charge in [-0.1, -0.05) is 36.1 Å². The molecule has 1 atom stereocenters. The van der Waals surface area contributed by atoms with Crippen molar-refractivity contribution in [3.63, 3.8) is 0 Å². The second-order valence-corrected chi connectivity index (χ2v) is 8.99. The maximum atomic E-state index is 14.2. The van der Waals surface area contributed by atoms with Crippen molar-refractivity contribution in [2.45, 2.75) is 12.9 Å². The van der Waals surface area contributed by atoms with Gasteiger partial charge in [0.25, 0.3) is 11.5 Å². The molecular formula is C29H23N9O2. The fraction of sp³-hybridized carbons (Fsp3) is 0.103. The second kappa shape index (κ2) is 9.85. The number of benzene rings is 2. The molecule has 0 saturated carbocycles. The zero-order chi connectivity index (χ0) is 28.7. The number of rotatable bonds is 4. The standard InChI is InChI=1S/C29H23N9O2/c1-18(33-28(39)24-25(30)35-37-15-7-14-31-27(24)37)26-34-22-11-6-8-20(13-12-19-16-32-36(2)17-19)23(22)29(40)38(26)21-9-4-3-5-10-21/h3-11,14-18H,1-2H3,(H2,30,35)(H,33,39)/t18-/m0/s1/i18D. The fourth-order valence-corrected chi connectivity index (χ4v) is 4.44. The minimum absolute atomic E-state index is 0.00470. The van der Waals surface area contributed by atoms with E-state index in [2.05, 4.69) is 32.3 Å². The third-order valence-corrected chi connectivity index (χ3v) is 6.24. The van der Waals surface area contributed by atoms with Gasteiger partial charge in [-0.05, 0) is 37.3 Å². The van der Waals surface area contributed by atoms with E-state index in [4.69, 9.17) is 10.7 Å². The van der Waals surface area contributed by atoms with Crippen LogP contribution in [-0.4, -0.2) is 39.8 Å². The number of nitrogens with two attached hydrogens (primary N) is 1. The van der Waals surface area contributed by atoms with Crippen LogP contribution in [0.2, 0.25) is 0 Å². The SMILES string of the molecule is [2H][C@@](C)(NC(=O)c1c(N)nn2cccnc12)c1nc2cccc(C#Cc3cnn(C)c3)c2c(=O)n1-c1ccccc1. The van der Waals surface area contributed by atoms with Gasteiger partial charge in [0.2, 0.25) is 0 Å². The topological polar surface area (TPSA) is 138 Å². The summed E-state index contributed by atoms with van der Waals surface area (Å²) in [4.78, 5) is 36.6. The highest BCUT2D eigenvalue weighted by molar-refractivity contribution is 6.04. The summed E-state index contributed by atoms with van der Waals surface area (Å²) in [5.74, 6) is 5.38. The molecule has 11 nitrogen and oxygen atoms in total. The molecule has 2 aromatic carbocycles. The number of nitrogens with zero attached hydrogens (tertiary/aromatic N) is 7. The Hall–Kier alpha value is -5.76. The van der Waals surface area contributed by atoms with E-state index in [0.717, 1.165) is 0 Å². The van der Waals surface area contributed by atoms with Crippen LogP contribution in [0, 0.1) is 11.8 Å². The molecule has 1 amide bonds. The number of nitrogens with one attached hydrogen (secondary N) is 1. The molecule has 3 N–H and O–H groups in total. The fourth-order valence-electron chi connectivity index (χ4n) is 4.44. The molecule has 0 saturated heterocycles. The molecule has 11 heteroatoms. The Labute approximate surface area is 229 Å². The summed E-state index contributed by atoms with van der Waals surface area (Å²) in [5, 5.41) is 11.2. The van der Waals surface area contributed by atoms with Gasteiger partial charge in [0.05, 0.1) is 35.7 Å². The molecule has 6 rings (SSSR count). The summed E-state index contributed by atoms with van der Waals surface area (Å²) >= 11 is 0. The number of anilines is 1. The van der Waals surface area contributed by atoms with Gasteiger partial charge in [-0.15, -0.1) is 5.10 Å². The van der Waals surface area contributed by atoms with Crippen LogP contribution >= 0.6 is 0 Å². The summed E-state index contributed by atoms with van der Waals surface area (Å²) in [6.45, 7) is 1.44. The average molecular weight is 531 g/mol. The Balaban J connectivity index is 1.52. The van der Waals surface area contributed by atoms with E-state index in [1.807, 2.05) is 6.07 Å². The molecule has 6 aromatic rings. The van der Waals surface area contributed by atoms with Gasteiger partial charge in [-0.3, -0.25) is 18.8 Å². The minimum atomic E-state index is -1.88. The first-order valence-electron chi connectivity index (χ1n) is 12.8. The zero-order valence-corrected chi connectivity index (χ0v) is 21.5.